The van der Waals surface area contributed by atoms with Gasteiger partial charge in [0.25, 0.3) is 0 Å². The van der Waals surface area contributed by atoms with Crippen molar-refractivity contribution in [3.05, 3.63) is 16.1 Å². The van der Waals surface area contributed by atoms with E-state index in [0.717, 1.165) is 6.54 Å². The molecule has 3 fully saturated rings. The predicted octanol–water partition coefficient (Wildman–Crippen LogP) is 0.835. The van der Waals surface area contributed by atoms with Crippen molar-refractivity contribution in [2.24, 2.45) is 5.73 Å². The number of hydrogen-bond donors (Lipinski definition) is 1. The molecule has 0 aliphatic carbocycles. The van der Waals surface area contributed by atoms with Gasteiger partial charge in [-0.2, -0.15) is 0 Å². The van der Waals surface area contributed by atoms with Crippen LogP contribution in [0.25, 0.3) is 0 Å². The van der Waals surface area contributed by atoms with Crippen molar-refractivity contribution in [3.63, 3.8) is 0 Å². The molecule has 4 nitrogen and oxygen atoms in total. The Morgan fingerprint density at radius 3 is 2.69 bits per heavy atom. The van der Waals surface area contributed by atoms with Crippen LogP contribution in [0.15, 0.2) is 6.20 Å². The number of fused-ring (bicyclic) bond motifs is 3. The van der Waals surface area contributed by atoms with E-state index in [1.54, 1.807) is 11.3 Å². The highest BCUT2D eigenvalue weighted by atomic mass is 32.1. The second-order valence-corrected chi connectivity index (χ2v) is 5.84. The third kappa shape index (κ3) is 1.78. The zero-order valence-corrected chi connectivity index (χ0v) is 10.4. The van der Waals surface area contributed by atoms with Gasteiger partial charge in [0.05, 0.1) is 6.04 Å². The Morgan fingerprint density at radius 1 is 1.44 bits per heavy atom. The molecule has 0 amide bonds. The molecule has 3 aliphatic heterocycles. The number of aromatic nitrogens is 1. The van der Waals surface area contributed by atoms with Gasteiger partial charge in [-0.1, -0.05) is 0 Å². The lowest BCUT2D eigenvalue weighted by Crippen LogP contribution is -2.56. The standard InChI is InChI=1S/C11H18N4S/c1-8(12)10-6-13-11(16-10)9-7-14-2-4-15(9)5-3-14/h6,8-9H,2-5,7,12H2,1H3. The third-order valence-corrected chi connectivity index (χ3v) is 4.85. The molecule has 2 unspecified atom stereocenters. The van der Waals surface area contributed by atoms with Crippen molar-refractivity contribution in [2.45, 2.75) is 19.0 Å². The summed E-state index contributed by atoms with van der Waals surface area (Å²) in [5, 5.41) is 1.25. The van der Waals surface area contributed by atoms with Gasteiger partial charge in [0.2, 0.25) is 0 Å². The van der Waals surface area contributed by atoms with Crippen LogP contribution in [-0.4, -0.2) is 47.5 Å². The van der Waals surface area contributed by atoms with E-state index >= 15 is 0 Å². The zero-order chi connectivity index (χ0) is 11.1. The SMILES string of the molecule is CC(N)c1cnc(C2CN3CCN2CC3)s1. The van der Waals surface area contributed by atoms with Gasteiger partial charge in [0, 0.05) is 49.8 Å². The molecule has 2 N–H and O–H groups in total. The molecule has 4 rings (SSSR count). The van der Waals surface area contributed by atoms with Crippen LogP contribution in [0.5, 0.6) is 0 Å². The lowest BCUT2D eigenvalue weighted by atomic mass is 10.1. The Labute approximate surface area is 100 Å². The van der Waals surface area contributed by atoms with Gasteiger partial charge >= 0.3 is 0 Å². The Morgan fingerprint density at radius 2 is 2.19 bits per heavy atom. The summed E-state index contributed by atoms with van der Waals surface area (Å²) in [6.45, 7) is 8.00. The van der Waals surface area contributed by atoms with Crippen LogP contribution in [0.3, 0.4) is 0 Å². The summed E-state index contributed by atoms with van der Waals surface area (Å²) < 4.78 is 0. The first-order valence-corrected chi connectivity index (χ1v) is 6.73. The molecule has 2 atom stereocenters. The zero-order valence-electron chi connectivity index (χ0n) is 9.59. The molecule has 1 aromatic heterocycles. The largest absolute Gasteiger partial charge is 0.323 e. The number of nitrogens with two attached hydrogens (primary N) is 1. The van der Waals surface area contributed by atoms with E-state index in [1.807, 2.05) is 13.1 Å². The Balaban J connectivity index is 1.81. The summed E-state index contributed by atoms with van der Waals surface area (Å²) in [4.78, 5) is 10.9. The van der Waals surface area contributed by atoms with E-state index in [4.69, 9.17) is 5.73 Å². The maximum absolute atomic E-state index is 5.88. The molecule has 0 saturated carbocycles. The van der Waals surface area contributed by atoms with Crippen molar-refractivity contribution in [2.75, 3.05) is 32.7 Å². The van der Waals surface area contributed by atoms with Crippen molar-refractivity contribution in [1.82, 2.24) is 14.8 Å². The number of nitrogens with zero attached hydrogens (tertiary/aromatic N) is 3. The summed E-state index contributed by atoms with van der Waals surface area (Å²) in [5.41, 5.74) is 5.88. The predicted molar refractivity (Wildman–Crippen MR) is 65.5 cm³/mol. The van der Waals surface area contributed by atoms with Crippen LogP contribution in [-0.2, 0) is 0 Å². The topological polar surface area (TPSA) is 45.4 Å². The van der Waals surface area contributed by atoms with E-state index in [9.17, 15) is 0 Å². The van der Waals surface area contributed by atoms with Gasteiger partial charge in [0.15, 0.2) is 0 Å². The Bertz CT molecular complexity index is 368. The molecular weight excluding hydrogens is 220 g/mol. The van der Waals surface area contributed by atoms with Gasteiger partial charge in [-0.05, 0) is 6.92 Å². The summed E-state index contributed by atoms with van der Waals surface area (Å²) in [5.74, 6) is 0. The van der Waals surface area contributed by atoms with Crippen LogP contribution >= 0.6 is 11.3 Å². The normalized spacial score (nSPS) is 35.2. The summed E-state index contributed by atoms with van der Waals surface area (Å²) >= 11 is 1.78. The molecule has 3 saturated heterocycles. The second kappa shape index (κ2) is 4.07. The summed E-state index contributed by atoms with van der Waals surface area (Å²) in [7, 11) is 0. The molecule has 16 heavy (non-hydrogen) atoms. The molecule has 5 heteroatoms. The molecule has 1 aromatic rings. The highest BCUT2D eigenvalue weighted by Crippen LogP contribution is 2.32. The van der Waals surface area contributed by atoms with Crippen molar-refractivity contribution >= 4 is 11.3 Å². The van der Waals surface area contributed by atoms with E-state index in [-0.39, 0.29) is 6.04 Å². The molecule has 88 valence electrons. The number of hydrogen-bond acceptors (Lipinski definition) is 5. The molecule has 0 aromatic carbocycles. The lowest BCUT2D eigenvalue weighted by Gasteiger charge is -2.46. The van der Waals surface area contributed by atoms with Gasteiger partial charge in [-0.25, -0.2) is 4.98 Å². The second-order valence-electron chi connectivity index (χ2n) is 4.74. The fraction of sp³-hybridized carbons (Fsp3) is 0.727. The van der Waals surface area contributed by atoms with Crippen molar-refractivity contribution < 1.29 is 0 Å². The smallest absolute Gasteiger partial charge is 0.111 e. The minimum Gasteiger partial charge on any atom is -0.323 e. The first kappa shape index (κ1) is 10.7. The first-order chi connectivity index (χ1) is 7.74. The van der Waals surface area contributed by atoms with Gasteiger partial charge in [-0.15, -0.1) is 11.3 Å². The van der Waals surface area contributed by atoms with E-state index in [2.05, 4.69) is 14.8 Å². The highest BCUT2D eigenvalue weighted by Gasteiger charge is 2.34. The van der Waals surface area contributed by atoms with E-state index < -0.39 is 0 Å². The van der Waals surface area contributed by atoms with Crippen molar-refractivity contribution in [3.8, 4) is 0 Å². The molecular formula is C11H18N4S. The molecule has 3 aliphatic rings. The maximum Gasteiger partial charge on any atom is 0.111 e. The van der Waals surface area contributed by atoms with Crippen LogP contribution in [0.1, 0.15) is 28.9 Å². The molecule has 0 spiro atoms. The van der Waals surface area contributed by atoms with Gasteiger partial charge in [0.1, 0.15) is 5.01 Å². The quantitative estimate of drug-likeness (QED) is 0.829. The monoisotopic (exact) mass is 238 g/mol. The maximum atomic E-state index is 5.88. The van der Waals surface area contributed by atoms with Gasteiger partial charge < -0.3 is 5.73 Å². The fourth-order valence-corrected chi connectivity index (χ4v) is 3.52. The summed E-state index contributed by atoms with van der Waals surface area (Å²) in [6, 6.07) is 0.627. The number of rotatable bonds is 2. The first-order valence-electron chi connectivity index (χ1n) is 5.91. The van der Waals surface area contributed by atoms with Crippen LogP contribution < -0.4 is 5.73 Å². The number of thiazole rings is 1. The average Bonchev–Trinajstić information content (AvgIpc) is 2.80. The molecule has 4 heterocycles. The highest BCUT2D eigenvalue weighted by molar-refractivity contribution is 7.11. The van der Waals surface area contributed by atoms with Gasteiger partial charge in [-0.3, -0.25) is 9.80 Å². The minimum absolute atomic E-state index is 0.113. The third-order valence-electron chi connectivity index (χ3n) is 3.55. The fourth-order valence-electron chi connectivity index (χ4n) is 2.52. The lowest BCUT2D eigenvalue weighted by molar-refractivity contribution is 0.0122. The molecule has 2 bridgehead atoms. The van der Waals surface area contributed by atoms with E-state index in [0.29, 0.717) is 6.04 Å². The van der Waals surface area contributed by atoms with Crippen molar-refractivity contribution in [1.29, 1.82) is 0 Å². The van der Waals surface area contributed by atoms with Crippen LogP contribution in [0.4, 0.5) is 0 Å². The minimum atomic E-state index is 0.113. The molecule has 0 radical (unpaired) electrons. The average molecular weight is 238 g/mol. The van der Waals surface area contributed by atoms with E-state index in [1.165, 1.54) is 36.1 Å². The van der Waals surface area contributed by atoms with Crippen LogP contribution in [0.2, 0.25) is 0 Å². The Hall–Kier alpha value is -0.490. The Kier molecular flexibility index (Phi) is 2.71. The summed E-state index contributed by atoms with van der Waals surface area (Å²) in [6.07, 6.45) is 1.95. The number of piperazine rings is 3. The van der Waals surface area contributed by atoms with Crippen LogP contribution in [0, 0.1) is 0 Å².